The number of rotatable bonds is 2. The molecule has 154 valence electrons. The number of pyridine rings is 1. The van der Waals surface area contributed by atoms with Gasteiger partial charge in [-0.05, 0) is 48.7 Å². The van der Waals surface area contributed by atoms with Crippen LogP contribution in [0.15, 0.2) is 67.0 Å². The van der Waals surface area contributed by atoms with Crippen LogP contribution in [0, 0.1) is 5.82 Å². The molecule has 0 atom stereocenters. The summed E-state index contributed by atoms with van der Waals surface area (Å²) in [6.45, 7) is 2.11. The molecule has 0 bridgehead atoms. The number of benzene rings is 2. The normalized spacial score (nSPS) is 17.3. The van der Waals surface area contributed by atoms with Gasteiger partial charge in [0.1, 0.15) is 17.7 Å². The number of fused-ring (bicyclic) bond motifs is 3. The van der Waals surface area contributed by atoms with Crippen molar-refractivity contribution in [3.8, 4) is 11.3 Å². The van der Waals surface area contributed by atoms with Crippen molar-refractivity contribution in [2.45, 2.75) is 18.3 Å². The Labute approximate surface area is 179 Å². The van der Waals surface area contributed by atoms with Crippen LogP contribution in [-0.2, 0) is 10.2 Å². The van der Waals surface area contributed by atoms with Crippen molar-refractivity contribution in [3.63, 3.8) is 0 Å². The van der Waals surface area contributed by atoms with Crippen LogP contribution >= 0.6 is 0 Å². The van der Waals surface area contributed by atoms with Gasteiger partial charge >= 0.3 is 0 Å². The molecule has 1 saturated heterocycles. The summed E-state index contributed by atoms with van der Waals surface area (Å²) in [6.07, 6.45) is 3.32. The van der Waals surface area contributed by atoms with Gasteiger partial charge in [-0.15, -0.1) is 0 Å². The number of anilines is 2. The van der Waals surface area contributed by atoms with Crippen molar-refractivity contribution in [1.82, 2.24) is 15.0 Å². The molecule has 5 nitrogen and oxygen atoms in total. The fourth-order valence-electron chi connectivity index (χ4n) is 4.91. The van der Waals surface area contributed by atoms with Crippen LogP contribution in [0.2, 0.25) is 0 Å². The fourth-order valence-corrected chi connectivity index (χ4v) is 4.91. The third-order valence-corrected chi connectivity index (χ3v) is 6.52. The molecule has 2 aromatic carbocycles. The molecule has 0 saturated carbocycles. The minimum absolute atomic E-state index is 0.135. The molecule has 4 aromatic rings. The summed E-state index contributed by atoms with van der Waals surface area (Å²) in [6, 6.07) is 19.1. The van der Waals surface area contributed by atoms with Gasteiger partial charge in [-0.2, -0.15) is 0 Å². The molecule has 1 spiro atoms. The number of hydrogen-bond donors (Lipinski definition) is 0. The van der Waals surface area contributed by atoms with E-state index in [1.165, 1.54) is 6.07 Å². The first kappa shape index (κ1) is 18.4. The first-order valence-corrected chi connectivity index (χ1v) is 10.6. The quantitative estimate of drug-likeness (QED) is 0.462. The summed E-state index contributed by atoms with van der Waals surface area (Å²) < 4.78 is 19.9. The van der Waals surface area contributed by atoms with Crippen LogP contribution in [0.4, 0.5) is 15.9 Å². The Morgan fingerprint density at radius 3 is 2.61 bits per heavy atom. The molecule has 6 rings (SSSR count). The Morgan fingerprint density at radius 1 is 0.935 bits per heavy atom. The van der Waals surface area contributed by atoms with E-state index in [0.717, 1.165) is 58.7 Å². The second-order valence-corrected chi connectivity index (χ2v) is 8.27. The molecule has 0 amide bonds. The third kappa shape index (κ3) is 2.98. The standard InChI is InChI=1S/C25H21FN4O/c26-18-6-9-22-19(14-18)25(10-12-31-13-11-25)15-30(22)24-23-21(27-16-28-24)8-7-20(29-23)17-4-2-1-3-5-17/h1-9,14,16H,10-13,15H2. The molecule has 0 N–H and O–H groups in total. The molecule has 2 aromatic heterocycles. The SMILES string of the molecule is Fc1ccc2c(c1)C1(CCOCC1)CN2c1ncnc2ccc(-c3ccccc3)nc12. The Morgan fingerprint density at radius 2 is 1.77 bits per heavy atom. The maximum atomic E-state index is 14.2. The van der Waals surface area contributed by atoms with Gasteiger partial charge in [0.15, 0.2) is 5.82 Å². The highest BCUT2D eigenvalue weighted by Crippen LogP contribution is 2.49. The molecular formula is C25H21FN4O. The number of aromatic nitrogens is 3. The number of hydrogen-bond acceptors (Lipinski definition) is 5. The van der Waals surface area contributed by atoms with E-state index in [1.54, 1.807) is 12.4 Å². The molecule has 2 aliphatic rings. The van der Waals surface area contributed by atoms with Crippen LogP contribution in [0.5, 0.6) is 0 Å². The molecule has 6 heteroatoms. The van der Waals surface area contributed by atoms with E-state index in [1.807, 2.05) is 48.5 Å². The molecule has 2 aliphatic heterocycles. The highest BCUT2D eigenvalue weighted by molar-refractivity contribution is 5.91. The number of ether oxygens (including phenoxy) is 1. The zero-order valence-electron chi connectivity index (χ0n) is 17.0. The van der Waals surface area contributed by atoms with E-state index in [9.17, 15) is 4.39 Å². The van der Waals surface area contributed by atoms with Crippen LogP contribution in [0.3, 0.4) is 0 Å². The minimum atomic E-state index is -0.205. The molecule has 31 heavy (non-hydrogen) atoms. The third-order valence-electron chi connectivity index (χ3n) is 6.52. The molecule has 0 aliphatic carbocycles. The molecule has 4 heterocycles. The van der Waals surface area contributed by atoms with E-state index < -0.39 is 0 Å². The van der Waals surface area contributed by atoms with E-state index >= 15 is 0 Å². The smallest absolute Gasteiger partial charge is 0.163 e. The van der Waals surface area contributed by atoms with Crippen LogP contribution in [0.1, 0.15) is 18.4 Å². The lowest BCUT2D eigenvalue weighted by atomic mass is 9.76. The van der Waals surface area contributed by atoms with Gasteiger partial charge in [-0.25, -0.2) is 19.3 Å². The predicted molar refractivity (Wildman–Crippen MR) is 118 cm³/mol. The van der Waals surface area contributed by atoms with Crippen molar-refractivity contribution in [3.05, 3.63) is 78.4 Å². The van der Waals surface area contributed by atoms with E-state index in [0.29, 0.717) is 13.2 Å². The minimum Gasteiger partial charge on any atom is -0.381 e. The molecule has 0 radical (unpaired) electrons. The largest absolute Gasteiger partial charge is 0.381 e. The highest BCUT2D eigenvalue weighted by atomic mass is 19.1. The summed E-state index contributed by atoms with van der Waals surface area (Å²) >= 11 is 0. The first-order chi connectivity index (χ1) is 15.2. The van der Waals surface area contributed by atoms with Crippen molar-refractivity contribution < 1.29 is 9.13 Å². The number of nitrogens with zero attached hydrogens (tertiary/aromatic N) is 4. The monoisotopic (exact) mass is 412 g/mol. The maximum Gasteiger partial charge on any atom is 0.163 e. The Hall–Kier alpha value is -3.38. The summed E-state index contributed by atoms with van der Waals surface area (Å²) in [5.41, 5.74) is 5.37. The Kier molecular flexibility index (Phi) is 4.21. The van der Waals surface area contributed by atoms with Gasteiger partial charge in [-0.1, -0.05) is 30.3 Å². The van der Waals surface area contributed by atoms with Crippen LogP contribution in [-0.4, -0.2) is 34.7 Å². The zero-order chi connectivity index (χ0) is 20.8. The van der Waals surface area contributed by atoms with E-state index in [2.05, 4.69) is 14.9 Å². The predicted octanol–water partition coefficient (Wildman–Crippen LogP) is 5.03. The average molecular weight is 412 g/mol. The second kappa shape index (κ2) is 7.10. The summed E-state index contributed by atoms with van der Waals surface area (Å²) in [7, 11) is 0. The van der Waals surface area contributed by atoms with Crippen molar-refractivity contribution in [2.24, 2.45) is 0 Å². The first-order valence-electron chi connectivity index (χ1n) is 10.6. The van der Waals surface area contributed by atoms with Gasteiger partial charge in [0.05, 0.1) is 11.2 Å². The van der Waals surface area contributed by atoms with Gasteiger partial charge < -0.3 is 9.64 Å². The van der Waals surface area contributed by atoms with E-state index in [4.69, 9.17) is 9.72 Å². The summed E-state index contributed by atoms with van der Waals surface area (Å²) in [4.78, 5) is 16.2. The summed E-state index contributed by atoms with van der Waals surface area (Å²) in [5, 5.41) is 0. The topological polar surface area (TPSA) is 51.1 Å². The lowest BCUT2D eigenvalue weighted by Crippen LogP contribution is -2.37. The zero-order valence-corrected chi connectivity index (χ0v) is 17.0. The Balaban J connectivity index is 1.52. The summed E-state index contributed by atoms with van der Waals surface area (Å²) in [5.74, 6) is 0.558. The molecule has 0 unspecified atom stereocenters. The van der Waals surface area contributed by atoms with Crippen LogP contribution < -0.4 is 4.90 Å². The van der Waals surface area contributed by atoms with E-state index in [-0.39, 0.29) is 11.2 Å². The fraction of sp³-hybridized carbons (Fsp3) is 0.240. The second-order valence-electron chi connectivity index (χ2n) is 8.27. The van der Waals surface area contributed by atoms with Gasteiger partial charge in [0.2, 0.25) is 0 Å². The Bertz CT molecular complexity index is 1270. The average Bonchev–Trinajstić information content (AvgIpc) is 3.12. The van der Waals surface area contributed by atoms with Crippen molar-refractivity contribution in [2.75, 3.05) is 24.7 Å². The maximum absolute atomic E-state index is 14.2. The van der Waals surface area contributed by atoms with Gasteiger partial charge in [0, 0.05) is 36.4 Å². The lowest BCUT2D eigenvalue weighted by Gasteiger charge is -2.34. The molecular weight excluding hydrogens is 391 g/mol. The highest BCUT2D eigenvalue weighted by Gasteiger charge is 2.45. The lowest BCUT2D eigenvalue weighted by molar-refractivity contribution is 0.0557. The number of halogens is 1. The van der Waals surface area contributed by atoms with Gasteiger partial charge in [0.25, 0.3) is 0 Å². The van der Waals surface area contributed by atoms with Crippen molar-refractivity contribution >= 4 is 22.5 Å². The van der Waals surface area contributed by atoms with Crippen LogP contribution in [0.25, 0.3) is 22.3 Å². The molecule has 1 fully saturated rings. The van der Waals surface area contributed by atoms with Gasteiger partial charge in [-0.3, -0.25) is 0 Å². The van der Waals surface area contributed by atoms with Crippen molar-refractivity contribution in [1.29, 1.82) is 0 Å².